The molecular weight excluding hydrogens is 256 g/mol. The zero-order valence-corrected chi connectivity index (χ0v) is 12.0. The summed E-state index contributed by atoms with van der Waals surface area (Å²) in [5.41, 5.74) is 0.542. The highest BCUT2D eigenvalue weighted by molar-refractivity contribution is 5.36. The molecule has 0 amide bonds. The van der Waals surface area contributed by atoms with Gasteiger partial charge < -0.3 is 19.9 Å². The van der Waals surface area contributed by atoms with Crippen molar-refractivity contribution in [2.24, 2.45) is 0 Å². The van der Waals surface area contributed by atoms with E-state index in [4.69, 9.17) is 14.7 Å². The van der Waals surface area contributed by atoms with Crippen LogP contribution in [0.4, 0.5) is 0 Å². The predicted octanol–water partition coefficient (Wildman–Crippen LogP) is 1.31. The molecule has 0 aromatic heterocycles. The van der Waals surface area contributed by atoms with Crippen LogP contribution in [0.15, 0.2) is 24.3 Å². The third-order valence-electron chi connectivity index (χ3n) is 2.67. The van der Waals surface area contributed by atoms with Gasteiger partial charge in [-0.25, -0.2) is 0 Å². The molecule has 0 saturated carbocycles. The molecule has 1 aromatic rings. The number of benzene rings is 1. The second-order valence-electron chi connectivity index (χ2n) is 4.53. The summed E-state index contributed by atoms with van der Waals surface area (Å²) in [6.45, 7) is 5.93. The van der Waals surface area contributed by atoms with Crippen LogP contribution in [-0.4, -0.2) is 43.6 Å². The predicted molar refractivity (Wildman–Crippen MR) is 76.6 cm³/mol. The van der Waals surface area contributed by atoms with Crippen molar-refractivity contribution in [2.75, 3.05) is 26.3 Å². The summed E-state index contributed by atoms with van der Waals surface area (Å²) in [7, 11) is 0. The molecule has 2 atom stereocenters. The lowest BCUT2D eigenvalue weighted by molar-refractivity contribution is 0.0671. The van der Waals surface area contributed by atoms with E-state index < -0.39 is 6.10 Å². The van der Waals surface area contributed by atoms with E-state index in [1.165, 1.54) is 0 Å². The largest absolute Gasteiger partial charge is 0.491 e. The molecular formula is C15H22N2O3. The standard InChI is InChI=1S/C15H22N2O3/c1-3-19-12(2)9-17-10-14(18)11-20-15-6-4-5-13(7-15)8-16/h4-7,12,14,17-18H,3,9-11H2,1-2H3. The average Bonchev–Trinajstić information content (AvgIpc) is 2.45. The minimum atomic E-state index is -0.602. The lowest BCUT2D eigenvalue weighted by atomic mass is 10.2. The van der Waals surface area contributed by atoms with Gasteiger partial charge >= 0.3 is 0 Å². The summed E-state index contributed by atoms with van der Waals surface area (Å²) in [6.07, 6.45) is -0.477. The molecule has 20 heavy (non-hydrogen) atoms. The number of aliphatic hydroxyl groups is 1. The summed E-state index contributed by atoms with van der Waals surface area (Å²) in [5, 5.41) is 21.7. The molecule has 0 fully saturated rings. The summed E-state index contributed by atoms with van der Waals surface area (Å²) in [6, 6.07) is 8.92. The summed E-state index contributed by atoms with van der Waals surface area (Å²) < 4.78 is 10.8. The molecule has 0 aliphatic heterocycles. The van der Waals surface area contributed by atoms with Crippen LogP contribution in [0.25, 0.3) is 0 Å². The Kier molecular flexibility index (Phi) is 7.66. The maximum absolute atomic E-state index is 9.79. The van der Waals surface area contributed by atoms with Gasteiger partial charge in [0.25, 0.3) is 0 Å². The number of nitrogens with zero attached hydrogens (tertiary/aromatic N) is 1. The highest BCUT2D eigenvalue weighted by atomic mass is 16.5. The zero-order chi connectivity index (χ0) is 14.8. The second-order valence-corrected chi connectivity index (χ2v) is 4.53. The minimum absolute atomic E-state index is 0.125. The van der Waals surface area contributed by atoms with Gasteiger partial charge in [-0.1, -0.05) is 6.07 Å². The summed E-state index contributed by atoms with van der Waals surface area (Å²) >= 11 is 0. The van der Waals surface area contributed by atoms with Gasteiger partial charge in [0.15, 0.2) is 0 Å². The molecule has 0 aliphatic rings. The highest BCUT2D eigenvalue weighted by Crippen LogP contribution is 2.12. The maximum atomic E-state index is 9.79. The van der Waals surface area contributed by atoms with Crippen LogP contribution >= 0.6 is 0 Å². The topological polar surface area (TPSA) is 74.5 Å². The molecule has 0 spiro atoms. The van der Waals surface area contributed by atoms with Crippen molar-refractivity contribution in [3.05, 3.63) is 29.8 Å². The van der Waals surface area contributed by atoms with Gasteiger partial charge in [-0.3, -0.25) is 0 Å². The van der Waals surface area contributed by atoms with Crippen molar-refractivity contribution in [3.8, 4) is 11.8 Å². The molecule has 1 aromatic carbocycles. The third-order valence-corrected chi connectivity index (χ3v) is 2.67. The smallest absolute Gasteiger partial charge is 0.120 e. The van der Waals surface area contributed by atoms with Crippen LogP contribution in [0.2, 0.25) is 0 Å². The molecule has 2 N–H and O–H groups in total. The SMILES string of the molecule is CCOC(C)CNCC(O)COc1cccc(C#N)c1. The molecule has 5 nitrogen and oxygen atoms in total. The first kappa shape index (κ1) is 16.4. The number of nitriles is 1. The van der Waals surface area contributed by atoms with E-state index in [1.54, 1.807) is 24.3 Å². The Morgan fingerprint density at radius 2 is 2.20 bits per heavy atom. The Morgan fingerprint density at radius 3 is 2.90 bits per heavy atom. The molecule has 0 bridgehead atoms. The quantitative estimate of drug-likeness (QED) is 0.712. The molecule has 5 heteroatoms. The van der Waals surface area contributed by atoms with Crippen LogP contribution in [-0.2, 0) is 4.74 Å². The molecule has 110 valence electrons. The van der Waals surface area contributed by atoms with Gasteiger partial charge in [0.2, 0.25) is 0 Å². The fourth-order valence-electron chi connectivity index (χ4n) is 1.70. The number of nitrogens with one attached hydrogen (secondary N) is 1. The maximum Gasteiger partial charge on any atom is 0.120 e. The number of hydrogen-bond donors (Lipinski definition) is 2. The van der Waals surface area contributed by atoms with Crippen LogP contribution in [0.5, 0.6) is 5.75 Å². The van der Waals surface area contributed by atoms with E-state index in [0.29, 0.717) is 31.0 Å². The summed E-state index contributed by atoms with van der Waals surface area (Å²) in [5.74, 6) is 0.589. The van der Waals surface area contributed by atoms with Gasteiger partial charge in [-0.15, -0.1) is 0 Å². The Balaban J connectivity index is 2.22. The van der Waals surface area contributed by atoms with E-state index in [2.05, 4.69) is 5.32 Å². The van der Waals surface area contributed by atoms with Crippen molar-refractivity contribution >= 4 is 0 Å². The molecule has 0 radical (unpaired) electrons. The van der Waals surface area contributed by atoms with E-state index >= 15 is 0 Å². The Labute approximate surface area is 120 Å². The fraction of sp³-hybridized carbons (Fsp3) is 0.533. The first-order valence-corrected chi connectivity index (χ1v) is 6.79. The van der Waals surface area contributed by atoms with Crippen molar-refractivity contribution in [1.29, 1.82) is 5.26 Å². The fourth-order valence-corrected chi connectivity index (χ4v) is 1.70. The van der Waals surface area contributed by atoms with Crippen LogP contribution in [0.1, 0.15) is 19.4 Å². The van der Waals surface area contributed by atoms with E-state index in [1.807, 2.05) is 19.9 Å². The second kappa shape index (κ2) is 9.32. The van der Waals surface area contributed by atoms with E-state index in [9.17, 15) is 5.11 Å². The molecule has 0 saturated heterocycles. The van der Waals surface area contributed by atoms with Crippen LogP contribution in [0, 0.1) is 11.3 Å². The zero-order valence-electron chi connectivity index (χ0n) is 12.0. The van der Waals surface area contributed by atoms with Crippen LogP contribution < -0.4 is 10.1 Å². The first-order chi connectivity index (χ1) is 9.65. The van der Waals surface area contributed by atoms with Gasteiger partial charge in [-0.05, 0) is 32.0 Å². The van der Waals surface area contributed by atoms with Crippen molar-refractivity contribution in [3.63, 3.8) is 0 Å². The molecule has 0 aliphatic carbocycles. The number of ether oxygens (including phenoxy) is 2. The first-order valence-electron chi connectivity index (χ1n) is 6.79. The highest BCUT2D eigenvalue weighted by Gasteiger charge is 2.07. The molecule has 2 unspecified atom stereocenters. The van der Waals surface area contributed by atoms with Crippen molar-refractivity contribution in [1.82, 2.24) is 5.32 Å². The number of aliphatic hydroxyl groups excluding tert-OH is 1. The van der Waals surface area contributed by atoms with Gasteiger partial charge in [0.05, 0.1) is 17.7 Å². The van der Waals surface area contributed by atoms with Gasteiger partial charge in [0, 0.05) is 19.7 Å². The Hall–Kier alpha value is -1.61. The van der Waals surface area contributed by atoms with E-state index in [-0.39, 0.29) is 12.7 Å². The molecule has 1 rings (SSSR count). The lowest BCUT2D eigenvalue weighted by Gasteiger charge is -2.16. The average molecular weight is 278 g/mol. The van der Waals surface area contributed by atoms with Crippen molar-refractivity contribution in [2.45, 2.75) is 26.1 Å². The third kappa shape index (κ3) is 6.53. The Morgan fingerprint density at radius 1 is 1.40 bits per heavy atom. The van der Waals surface area contributed by atoms with E-state index in [0.717, 1.165) is 0 Å². The lowest BCUT2D eigenvalue weighted by Crippen LogP contribution is -2.35. The normalized spacial score (nSPS) is 13.5. The van der Waals surface area contributed by atoms with Crippen LogP contribution in [0.3, 0.4) is 0 Å². The molecule has 0 heterocycles. The summed E-state index contributed by atoms with van der Waals surface area (Å²) in [4.78, 5) is 0. The number of rotatable bonds is 9. The minimum Gasteiger partial charge on any atom is -0.491 e. The Bertz CT molecular complexity index is 431. The van der Waals surface area contributed by atoms with Gasteiger partial charge in [-0.2, -0.15) is 5.26 Å². The number of hydrogen-bond acceptors (Lipinski definition) is 5. The van der Waals surface area contributed by atoms with Crippen molar-refractivity contribution < 1.29 is 14.6 Å². The van der Waals surface area contributed by atoms with Gasteiger partial charge in [0.1, 0.15) is 18.5 Å². The monoisotopic (exact) mass is 278 g/mol.